The summed E-state index contributed by atoms with van der Waals surface area (Å²) in [6, 6.07) is 11.2. The molecule has 0 radical (unpaired) electrons. The number of hydrogen-bond donors (Lipinski definition) is 0. The minimum atomic E-state index is -0.433. The largest absolute Gasteiger partial charge is 0.490 e. The first kappa shape index (κ1) is 22.3. The van der Waals surface area contributed by atoms with Gasteiger partial charge in [0.2, 0.25) is 5.75 Å². The summed E-state index contributed by atoms with van der Waals surface area (Å²) in [4.78, 5) is 24.5. The average molecular weight is 446 g/mol. The standard InChI is InChI=1S/C26H27N3O4/c1-4-31-21-15-19(16-22(32-5-2)24(21)33-6-3)26(30)28-25-20-12-8-7-11-18(20)17-29-14-10-9-13-23(29)27-25/h7-16H,4-6,17H2,1-3H3. The third-order valence-corrected chi connectivity index (χ3v) is 5.10. The van der Waals surface area contributed by atoms with Crippen LogP contribution in [0.15, 0.2) is 70.8 Å². The average Bonchev–Trinajstić information content (AvgIpc) is 2.97. The van der Waals surface area contributed by atoms with Crippen molar-refractivity contribution in [2.24, 2.45) is 9.98 Å². The van der Waals surface area contributed by atoms with Crippen LogP contribution in [0.1, 0.15) is 42.3 Å². The number of aliphatic imine (C=N–C) groups is 2. The summed E-state index contributed by atoms with van der Waals surface area (Å²) in [7, 11) is 0. The number of carbonyl (C=O) groups is 1. The molecule has 0 aromatic heterocycles. The number of amides is 1. The Bertz CT molecular complexity index is 1140. The predicted octanol–water partition coefficient (Wildman–Crippen LogP) is 4.77. The Morgan fingerprint density at radius 2 is 1.70 bits per heavy atom. The fourth-order valence-corrected chi connectivity index (χ4v) is 3.69. The van der Waals surface area contributed by atoms with Crippen LogP contribution < -0.4 is 14.2 Å². The van der Waals surface area contributed by atoms with Crippen LogP contribution in [0.5, 0.6) is 17.2 Å². The second-order valence-corrected chi connectivity index (χ2v) is 7.30. The Labute approximate surface area is 193 Å². The van der Waals surface area contributed by atoms with Gasteiger partial charge in [-0.05, 0) is 50.6 Å². The van der Waals surface area contributed by atoms with Gasteiger partial charge in [-0.1, -0.05) is 30.3 Å². The second-order valence-electron chi connectivity index (χ2n) is 7.30. The molecule has 0 saturated carbocycles. The minimum absolute atomic E-state index is 0.343. The zero-order valence-electron chi connectivity index (χ0n) is 19.1. The number of nitrogens with zero attached hydrogens (tertiary/aromatic N) is 3. The van der Waals surface area contributed by atoms with Gasteiger partial charge in [-0.15, -0.1) is 0 Å². The van der Waals surface area contributed by atoms with Crippen molar-refractivity contribution in [2.45, 2.75) is 27.3 Å². The molecule has 2 aliphatic heterocycles. The molecular formula is C26H27N3O4. The molecule has 0 bridgehead atoms. The fraction of sp³-hybridized carbons (Fsp3) is 0.269. The summed E-state index contributed by atoms with van der Waals surface area (Å²) >= 11 is 0. The van der Waals surface area contributed by atoms with E-state index in [1.807, 2.05) is 74.4 Å². The molecule has 2 aliphatic rings. The molecule has 2 aromatic carbocycles. The quantitative estimate of drug-likeness (QED) is 0.614. The van der Waals surface area contributed by atoms with Crippen LogP contribution in [0.25, 0.3) is 0 Å². The molecule has 7 heteroatoms. The Balaban J connectivity index is 1.79. The summed E-state index contributed by atoms with van der Waals surface area (Å²) in [5, 5.41) is 0. The number of benzene rings is 2. The van der Waals surface area contributed by atoms with Crippen molar-refractivity contribution in [3.8, 4) is 17.2 Å². The predicted molar refractivity (Wildman–Crippen MR) is 129 cm³/mol. The number of amidine groups is 2. The smallest absolute Gasteiger partial charge is 0.279 e. The molecule has 7 nitrogen and oxygen atoms in total. The molecule has 0 fully saturated rings. The van der Waals surface area contributed by atoms with Gasteiger partial charge in [0.1, 0.15) is 5.84 Å². The number of ether oxygens (including phenoxy) is 3. The highest BCUT2D eigenvalue weighted by molar-refractivity contribution is 6.16. The van der Waals surface area contributed by atoms with Gasteiger partial charge in [0.25, 0.3) is 5.91 Å². The molecule has 0 saturated heterocycles. The number of allylic oxidation sites excluding steroid dienone is 2. The molecule has 4 rings (SSSR count). The molecule has 2 heterocycles. The van der Waals surface area contributed by atoms with E-state index in [2.05, 4.69) is 4.99 Å². The van der Waals surface area contributed by atoms with E-state index in [4.69, 9.17) is 19.2 Å². The van der Waals surface area contributed by atoms with Crippen molar-refractivity contribution in [3.05, 3.63) is 77.5 Å². The fourth-order valence-electron chi connectivity index (χ4n) is 3.69. The summed E-state index contributed by atoms with van der Waals surface area (Å²) in [6.07, 6.45) is 7.75. The third-order valence-electron chi connectivity index (χ3n) is 5.10. The zero-order chi connectivity index (χ0) is 23.2. The van der Waals surface area contributed by atoms with E-state index in [0.717, 1.165) is 17.0 Å². The molecule has 0 unspecified atom stereocenters. The first-order chi connectivity index (χ1) is 16.1. The van der Waals surface area contributed by atoms with E-state index >= 15 is 0 Å². The topological polar surface area (TPSA) is 72.7 Å². The molecule has 33 heavy (non-hydrogen) atoms. The second kappa shape index (κ2) is 10.2. The highest BCUT2D eigenvalue weighted by atomic mass is 16.5. The Morgan fingerprint density at radius 1 is 1.00 bits per heavy atom. The molecular weight excluding hydrogens is 418 g/mol. The van der Waals surface area contributed by atoms with Crippen molar-refractivity contribution in [1.82, 2.24) is 4.90 Å². The van der Waals surface area contributed by atoms with Gasteiger partial charge in [0.15, 0.2) is 17.3 Å². The van der Waals surface area contributed by atoms with Crippen molar-refractivity contribution >= 4 is 17.6 Å². The first-order valence-corrected chi connectivity index (χ1v) is 11.1. The molecule has 0 aliphatic carbocycles. The normalized spacial score (nSPS) is 15.4. The number of hydrogen-bond acceptors (Lipinski definition) is 5. The minimum Gasteiger partial charge on any atom is -0.490 e. The number of rotatable bonds is 7. The van der Waals surface area contributed by atoms with Gasteiger partial charge in [-0.3, -0.25) is 4.79 Å². The van der Waals surface area contributed by atoms with Crippen LogP contribution in [-0.4, -0.2) is 42.3 Å². The maximum Gasteiger partial charge on any atom is 0.279 e. The Morgan fingerprint density at radius 3 is 2.39 bits per heavy atom. The Hall–Kier alpha value is -3.87. The van der Waals surface area contributed by atoms with Crippen LogP contribution in [-0.2, 0) is 6.54 Å². The van der Waals surface area contributed by atoms with Gasteiger partial charge in [-0.25, -0.2) is 4.99 Å². The van der Waals surface area contributed by atoms with Crippen molar-refractivity contribution in [3.63, 3.8) is 0 Å². The van der Waals surface area contributed by atoms with E-state index in [1.165, 1.54) is 0 Å². The lowest BCUT2D eigenvalue weighted by Gasteiger charge is -2.20. The monoisotopic (exact) mass is 445 g/mol. The highest BCUT2D eigenvalue weighted by Gasteiger charge is 2.22. The third kappa shape index (κ3) is 4.82. The highest BCUT2D eigenvalue weighted by Crippen LogP contribution is 2.39. The van der Waals surface area contributed by atoms with Crippen molar-refractivity contribution in [2.75, 3.05) is 19.8 Å². The van der Waals surface area contributed by atoms with E-state index < -0.39 is 5.91 Å². The van der Waals surface area contributed by atoms with Crippen molar-refractivity contribution < 1.29 is 19.0 Å². The summed E-state index contributed by atoms with van der Waals surface area (Å²) in [5.74, 6) is 2.06. The van der Waals surface area contributed by atoms with E-state index in [1.54, 1.807) is 12.1 Å². The number of carbonyl (C=O) groups excluding carboxylic acids is 1. The number of fused-ring (bicyclic) bond motifs is 2. The molecule has 1 amide bonds. The van der Waals surface area contributed by atoms with E-state index in [9.17, 15) is 4.79 Å². The molecule has 0 atom stereocenters. The maximum atomic E-state index is 13.3. The van der Waals surface area contributed by atoms with E-state index in [-0.39, 0.29) is 0 Å². The zero-order valence-corrected chi connectivity index (χ0v) is 19.1. The summed E-state index contributed by atoms with van der Waals surface area (Å²) < 4.78 is 17.2. The van der Waals surface area contributed by atoms with Crippen LogP contribution in [0.4, 0.5) is 0 Å². The van der Waals surface area contributed by atoms with Gasteiger partial charge in [-0.2, -0.15) is 4.99 Å². The van der Waals surface area contributed by atoms with Crippen LogP contribution >= 0.6 is 0 Å². The van der Waals surface area contributed by atoms with Gasteiger partial charge in [0, 0.05) is 23.9 Å². The van der Waals surface area contributed by atoms with Gasteiger partial charge < -0.3 is 19.1 Å². The summed E-state index contributed by atoms with van der Waals surface area (Å²) in [6.45, 7) is 7.58. The summed E-state index contributed by atoms with van der Waals surface area (Å²) in [5.41, 5.74) is 2.21. The van der Waals surface area contributed by atoms with Gasteiger partial charge in [0.05, 0.1) is 19.8 Å². The molecule has 170 valence electrons. The van der Waals surface area contributed by atoms with Crippen LogP contribution in [0.2, 0.25) is 0 Å². The maximum absolute atomic E-state index is 13.3. The molecule has 2 aromatic rings. The van der Waals surface area contributed by atoms with Gasteiger partial charge >= 0.3 is 0 Å². The van der Waals surface area contributed by atoms with Crippen molar-refractivity contribution in [1.29, 1.82) is 0 Å². The van der Waals surface area contributed by atoms with E-state index in [0.29, 0.717) is 55.0 Å². The lowest BCUT2D eigenvalue weighted by Crippen LogP contribution is -2.24. The van der Waals surface area contributed by atoms with Crippen LogP contribution in [0.3, 0.4) is 0 Å². The molecule has 0 spiro atoms. The lowest BCUT2D eigenvalue weighted by atomic mass is 10.1. The lowest BCUT2D eigenvalue weighted by molar-refractivity contribution is 0.100. The Kier molecular flexibility index (Phi) is 6.88. The molecule has 0 N–H and O–H groups in total. The van der Waals surface area contributed by atoms with Crippen LogP contribution in [0, 0.1) is 0 Å². The SMILES string of the molecule is CCOc1cc(C(=O)N=C2N=C3C=CC=CN3Cc3ccccc32)cc(OCC)c1OCC. The first-order valence-electron chi connectivity index (χ1n) is 11.1.